The SMILES string of the molecule is C1CCCCC1.CCOC(C)=O.CCOCC. The number of carbonyl (C=O) groups is 1. The second kappa shape index (κ2) is 17.8. The molecular formula is C14H30O3. The van der Waals surface area contributed by atoms with E-state index in [1.54, 1.807) is 6.92 Å². The molecule has 3 heteroatoms. The maximum atomic E-state index is 9.82. The van der Waals surface area contributed by atoms with Crippen molar-refractivity contribution in [3.05, 3.63) is 0 Å². The molecule has 0 bridgehead atoms. The lowest BCUT2D eigenvalue weighted by atomic mass is 10.0. The van der Waals surface area contributed by atoms with E-state index in [2.05, 4.69) is 4.74 Å². The predicted octanol–water partition coefficient (Wildman–Crippen LogP) is 3.95. The van der Waals surface area contributed by atoms with Gasteiger partial charge in [0, 0.05) is 20.1 Å². The fraction of sp³-hybridized carbons (Fsp3) is 0.929. The first-order chi connectivity index (χ1) is 8.18. The van der Waals surface area contributed by atoms with Crippen LogP contribution in [0.4, 0.5) is 0 Å². The minimum atomic E-state index is -0.211. The Morgan fingerprint density at radius 3 is 1.24 bits per heavy atom. The Morgan fingerprint density at radius 1 is 0.824 bits per heavy atom. The molecule has 0 amide bonds. The van der Waals surface area contributed by atoms with Crippen molar-refractivity contribution in [3.63, 3.8) is 0 Å². The molecule has 3 nitrogen and oxygen atoms in total. The largest absolute Gasteiger partial charge is 0.466 e. The molecule has 1 aliphatic carbocycles. The van der Waals surface area contributed by atoms with E-state index in [0.29, 0.717) is 6.61 Å². The molecular weight excluding hydrogens is 216 g/mol. The van der Waals surface area contributed by atoms with Crippen LogP contribution in [0.1, 0.15) is 66.2 Å². The first kappa shape index (κ1) is 18.8. The lowest BCUT2D eigenvalue weighted by molar-refractivity contribution is -0.140. The highest BCUT2D eigenvalue weighted by atomic mass is 16.5. The van der Waals surface area contributed by atoms with Crippen LogP contribution < -0.4 is 0 Å². The molecule has 0 radical (unpaired) electrons. The molecule has 0 aromatic heterocycles. The van der Waals surface area contributed by atoms with Crippen LogP contribution in [-0.4, -0.2) is 25.8 Å². The lowest BCUT2D eigenvalue weighted by Gasteiger charge is -2.05. The van der Waals surface area contributed by atoms with E-state index in [9.17, 15) is 4.79 Å². The third-order valence-corrected chi connectivity index (χ3v) is 2.26. The predicted molar refractivity (Wildman–Crippen MR) is 72.2 cm³/mol. The Morgan fingerprint density at radius 2 is 1.18 bits per heavy atom. The van der Waals surface area contributed by atoms with Gasteiger partial charge in [-0.2, -0.15) is 0 Å². The summed E-state index contributed by atoms with van der Waals surface area (Å²) >= 11 is 0. The van der Waals surface area contributed by atoms with E-state index < -0.39 is 0 Å². The normalized spacial score (nSPS) is 13.6. The second-order valence-electron chi connectivity index (χ2n) is 3.83. The minimum Gasteiger partial charge on any atom is -0.466 e. The summed E-state index contributed by atoms with van der Waals surface area (Å²) in [5.74, 6) is -0.211. The van der Waals surface area contributed by atoms with Gasteiger partial charge in [-0.05, 0) is 20.8 Å². The van der Waals surface area contributed by atoms with Gasteiger partial charge in [-0.1, -0.05) is 38.5 Å². The Labute approximate surface area is 107 Å². The third kappa shape index (κ3) is 25.6. The monoisotopic (exact) mass is 246 g/mol. The van der Waals surface area contributed by atoms with E-state index in [-0.39, 0.29) is 5.97 Å². The Hall–Kier alpha value is -0.570. The number of hydrogen-bond donors (Lipinski definition) is 0. The van der Waals surface area contributed by atoms with Gasteiger partial charge in [0.1, 0.15) is 0 Å². The molecule has 0 unspecified atom stereocenters. The number of ether oxygens (including phenoxy) is 2. The highest BCUT2D eigenvalue weighted by Crippen LogP contribution is 2.15. The summed E-state index contributed by atoms with van der Waals surface area (Å²) in [4.78, 5) is 9.82. The third-order valence-electron chi connectivity index (χ3n) is 2.26. The summed E-state index contributed by atoms with van der Waals surface area (Å²) in [7, 11) is 0. The first-order valence-corrected chi connectivity index (χ1v) is 6.90. The minimum absolute atomic E-state index is 0.211. The maximum absolute atomic E-state index is 9.82. The molecule has 0 aliphatic heterocycles. The number of esters is 1. The van der Waals surface area contributed by atoms with Crippen molar-refractivity contribution >= 4 is 5.97 Å². The van der Waals surface area contributed by atoms with Gasteiger partial charge in [0.2, 0.25) is 0 Å². The fourth-order valence-electron chi connectivity index (χ4n) is 1.47. The van der Waals surface area contributed by atoms with Crippen molar-refractivity contribution in [1.29, 1.82) is 0 Å². The summed E-state index contributed by atoms with van der Waals surface area (Å²) in [5.41, 5.74) is 0. The molecule has 1 aliphatic rings. The molecule has 0 saturated heterocycles. The molecule has 0 atom stereocenters. The van der Waals surface area contributed by atoms with E-state index in [1.807, 2.05) is 13.8 Å². The topological polar surface area (TPSA) is 35.5 Å². The molecule has 1 rings (SSSR count). The van der Waals surface area contributed by atoms with Crippen LogP contribution >= 0.6 is 0 Å². The van der Waals surface area contributed by atoms with E-state index in [4.69, 9.17) is 4.74 Å². The fourth-order valence-corrected chi connectivity index (χ4v) is 1.47. The van der Waals surface area contributed by atoms with Gasteiger partial charge in [0.25, 0.3) is 0 Å². The van der Waals surface area contributed by atoms with Gasteiger partial charge in [0.05, 0.1) is 6.61 Å². The average Bonchev–Trinajstić information content (AvgIpc) is 2.34. The molecule has 1 fully saturated rings. The van der Waals surface area contributed by atoms with Crippen LogP contribution in [0, 0.1) is 0 Å². The Kier molecular flexibility index (Phi) is 19.7. The van der Waals surface area contributed by atoms with Gasteiger partial charge in [-0.3, -0.25) is 4.79 Å². The molecule has 0 heterocycles. The van der Waals surface area contributed by atoms with E-state index in [1.165, 1.54) is 45.4 Å². The Balaban J connectivity index is 0. The quantitative estimate of drug-likeness (QED) is 0.707. The Bertz CT molecular complexity index is 129. The van der Waals surface area contributed by atoms with Gasteiger partial charge in [0.15, 0.2) is 0 Å². The van der Waals surface area contributed by atoms with Crippen molar-refractivity contribution in [3.8, 4) is 0 Å². The van der Waals surface area contributed by atoms with Crippen molar-refractivity contribution in [2.45, 2.75) is 66.2 Å². The van der Waals surface area contributed by atoms with E-state index >= 15 is 0 Å². The summed E-state index contributed by atoms with van der Waals surface area (Å²) in [6.45, 7) is 9.32. The van der Waals surface area contributed by atoms with Crippen LogP contribution in [0.3, 0.4) is 0 Å². The standard InChI is InChI=1S/C6H12.C4H8O2.C4H10O/c1-2-4-6-5-3-1;1-3-6-4(2)5;1-3-5-4-2/h1-6H2;3H2,1-2H3;3-4H2,1-2H3. The molecule has 0 aromatic carbocycles. The smallest absolute Gasteiger partial charge is 0.302 e. The summed E-state index contributed by atoms with van der Waals surface area (Å²) in [6.07, 6.45) is 9.00. The average molecular weight is 246 g/mol. The first-order valence-electron chi connectivity index (χ1n) is 6.90. The van der Waals surface area contributed by atoms with Crippen molar-refractivity contribution < 1.29 is 14.3 Å². The van der Waals surface area contributed by atoms with Gasteiger partial charge in [-0.15, -0.1) is 0 Å². The number of rotatable bonds is 3. The second-order valence-corrected chi connectivity index (χ2v) is 3.83. The van der Waals surface area contributed by atoms with Crippen molar-refractivity contribution in [2.24, 2.45) is 0 Å². The summed E-state index contributed by atoms with van der Waals surface area (Å²) in [6, 6.07) is 0. The van der Waals surface area contributed by atoms with Crippen LogP contribution in [0.15, 0.2) is 0 Å². The van der Waals surface area contributed by atoms with Crippen LogP contribution in [0.2, 0.25) is 0 Å². The number of carbonyl (C=O) groups excluding carboxylic acids is 1. The lowest BCUT2D eigenvalue weighted by Crippen LogP contribution is -1.95. The van der Waals surface area contributed by atoms with Gasteiger partial charge in [-0.25, -0.2) is 0 Å². The highest BCUT2D eigenvalue weighted by molar-refractivity contribution is 5.65. The zero-order chi connectivity index (χ0) is 13.4. The van der Waals surface area contributed by atoms with Crippen LogP contribution in [-0.2, 0) is 14.3 Å². The van der Waals surface area contributed by atoms with Crippen molar-refractivity contribution in [2.75, 3.05) is 19.8 Å². The zero-order valence-electron chi connectivity index (χ0n) is 12.1. The molecule has 104 valence electrons. The molecule has 0 spiro atoms. The molecule has 17 heavy (non-hydrogen) atoms. The van der Waals surface area contributed by atoms with Crippen molar-refractivity contribution in [1.82, 2.24) is 0 Å². The number of hydrogen-bond acceptors (Lipinski definition) is 3. The van der Waals surface area contributed by atoms with Crippen LogP contribution in [0.25, 0.3) is 0 Å². The van der Waals surface area contributed by atoms with Gasteiger partial charge < -0.3 is 9.47 Å². The zero-order valence-corrected chi connectivity index (χ0v) is 12.1. The maximum Gasteiger partial charge on any atom is 0.302 e. The van der Waals surface area contributed by atoms with E-state index in [0.717, 1.165) is 13.2 Å². The van der Waals surface area contributed by atoms with Crippen LogP contribution in [0.5, 0.6) is 0 Å². The summed E-state index contributed by atoms with van der Waals surface area (Å²) in [5, 5.41) is 0. The highest BCUT2D eigenvalue weighted by Gasteiger charge is 1.95. The van der Waals surface area contributed by atoms with Gasteiger partial charge >= 0.3 is 5.97 Å². The molecule has 0 aromatic rings. The summed E-state index contributed by atoms with van der Waals surface area (Å²) < 4.78 is 9.24. The molecule has 0 N–H and O–H groups in total. The molecule has 1 saturated carbocycles.